The number of aliphatic hydroxyl groups excluding tert-OH is 1. The van der Waals surface area contributed by atoms with Gasteiger partial charge in [0.15, 0.2) is 0 Å². The van der Waals surface area contributed by atoms with Crippen LogP contribution in [0.4, 0.5) is 8.78 Å². The predicted octanol–water partition coefficient (Wildman–Crippen LogP) is 4.04. The first-order valence-corrected chi connectivity index (χ1v) is 7.29. The average Bonchev–Trinajstić information content (AvgIpc) is 2.90. The summed E-state index contributed by atoms with van der Waals surface area (Å²) in [6.07, 6.45) is 2.75. The summed E-state index contributed by atoms with van der Waals surface area (Å²) in [5, 5.41) is 10.3. The summed E-state index contributed by atoms with van der Waals surface area (Å²) >= 11 is 0. The van der Waals surface area contributed by atoms with Crippen molar-refractivity contribution < 1.29 is 13.9 Å². The molecule has 0 bridgehead atoms. The van der Waals surface area contributed by atoms with Gasteiger partial charge < -0.3 is 5.11 Å². The second kappa shape index (κ2) is 5.57. The molecule has 110 valence electrons. The van der Waals surface area contributed by atoms with Crippen LogP contribution in [0.2, 0.25) is 0 Å². The Labute approximate surface area is 123 Å². The van der Waals surface area contributed by atoms with Gasteiger partial charge in [-0.05, 0) is 54.5 Å². The van der Waals surface area contributed by atoms with Crippen molar-refractivity contribution in [1.29, 1.82) is 0 Å². The Kier molecular flexibility index (Phi) is 3.77. The van der Waals surface area contributed by atoms with E-state index in [1.54, 1.807) is 6.92 Å². The average molecular weight is 288 g/mol. The van der Waals surface area contributed by atoms with Gasteiger partial charge in [0.25, 0.3) is 0 Å². The molecule has 0 heterocycles. The molecule has 2 aromatic carbocycles. The summed E-state index contributed by atoms with van der Waals surface area (Å²) in [5.74, 6) is -1.27. The number of fused-ring (bicyclic) bond motifs is 1. The monoisotopic (exact) mass is 288 g/mol. The number of hydrogen-bond acceptors (Lipinski definition) is 1. The summed E-state index contributed by atoms with van der Waals surface area (Å²) in [5.41, 5.74) is 4.20. The quantitative estimate of drug-likeness (QED) is 0.903. The van der Waals surface area contributed by atoms with Gasteiger partial charge in [0.1, 0.15) is 11.6 Å². The second-order valence-electron chi connectivity index (χ2n) is 5.80. The Bertz CT molecular complexity index is 679. The molecule has 1 N–H and O–H groups in total. The molecule has 3 rings (SSSR count). The van der Waals surface area contributed by atoms with Gasteiger partial charge in [0.05, 0.1) is 6.10 Å². The Morgan fingerprint density at radius 2 is 1.81 bits per heavy atom. The fourth-order valence-electron chi connectivity index (χ4n) is 3.02. The van der Waals surface area contributed by atoms with E-state index in [0.29, 0.717) is 12.0 Å². The van der Waals surface area contributed by atoms with Crippen LogP contribution in [0.5, 0.6) is 0 Å². The molecule has 1 aliphatic rings. The smallest absolute Gasteiger partial charge is 0.131 e. The van der Waals surface area contributed by atoms with E-state index in [-0.39, 0.29) is 5.56 Å². The summed E-state index contributed by atoms with van der Waals surface area (Å²) in [7, 11) is 0. The lowest BCUT2D eigenvalue weighted by Crippen LogP contribution is -2.06. The maximum atomic E-state index is 13.8. The third-order valence-electron chi connectivity index (χ3n) is 4.23. The van der Waals surface area contributed by atoms with Crippen LogP contribution in [0.3, 0.4) is 0 Å². The molecule has 1 nitrogen and oxygen atoms in total. The van der Waals surface area contributed by atoms with E-state index >= 15 is 0 Å². The molecule has 21 heavy (non-hydrogen) atoms. The molecule has 0 spiro atoms. The van der Waals surface area contributed by atoms with Crippen molar-refractivity contribution in [3.8, 4) is 0 Å². The van der Waals surface area contributed by atoms with Gasteiger partial charge in [-0.2, -0.15) is 0 Å². The molecule has 0 aliphatic heterocycles. The minimum absolute atomic E-state index is 0.161. The van der Waals surface area contributed by atoms with Crippen LogP contribution in [0.1, 0.15) is 40.3 Å². The van der Waals surface area contributed by atoms with Crippen molar-refractivity contribution in [1.82, 2.24) is 0 Å². The van der Waals surface area contributed by atoms with Crippen LogP contribution in [-0.4, -0.2) is 5.11 Å². The largest absolute Gasteiger partial charge is 0.388 e. The molecule has 0 amide bonds. The first-order chi connectivity index (χ1) is 10.0. The maximum Gasteiger partial charge on any atom is 0.131 e. The second-order valence-corrected chi connectivity index (χ2v) is 5.80. The van der Waals surface area contributed by atoms with E-state index in [1.807, 2.05) is 6.07 Å². The molecule has 1 unspecified atom stereocenters. The number of benzene rings is 2. The van der Waals surface area contributed by atoms with Crippen LogP contribution < -0.4 is 0 Å². The third-order valence-corrected chi connectivity index (χ3v) is 4.23. The zero-order valence-electron chi connectivity index (χ0n) is 12.0. The third kappa shape index (κ3) is 2.84. The molecule has 3 heteroatoms. The van der Waals surface area contributed by atoms with Crippen molar-refractivity contribution in [2.24, 2.45) is 0 Å². The summed E-state index contributed by atoms with van der Waals surface area (Å²) in [6.45, 7) is 1.57. The minimum Gasteiger partial charge on any atom is -0.388 e. The molecule has 0 aromatic heterocycles. The number of halogens is 2. The predicted molar refractivity (Wildman–Crippen MR) is 78.2 cm³/mol. The SMILES string of the molecule is Cc1cc(C(O)Cc2ccc3c(c2)CCC3)c(F)cc1F. The first-order valence-electron chi connectivity index (χ1n) is 7.29. The van der Waals surface area contributed by atoms with E-state index in [1.165, 1.54) is 23.6 Å². The Balaban J connectivity index is 1.83. The first kappa shape index (κ1) is 14.2. The van der Waals surface area contributed by atoms with E-state index < -0.39 is 17.7 Å². The number of rotatable bonds is 3. The van der Waals surface area contributed by atoms with E-state index in [4.69, 9.17) is 0 Å². The lowest BCUT2D eigenvalue weighted by molar-refractivity contribution is 0.173. The lowest BCUT2D eigenvalue weighted by atomic mass is 9.97. The number of aryl methyl sites for hydroxylation is 3. The fraction of sp³-hybridized carbons (Fsp3) is 0.333. The lowest BCUT2D eigenvalue weighted by Gasteiger charge is -2.14. The molecular formula is C18H18F2O. The summed E-state index contributed by atoms with van der Waals surface area (Å²) < 4.78 is 27.1. The molecular weight excluding hydrogens is 270 g/mol. The zero-order valence-corrected chi connectivity index (χ0v) is 12.0. The maximum absolute atomic E-state index is 13.8. The van der Waals surface area contributed by atoms with Crippen molar-refractivity contribution >= 4 is 0 Å². The van der Waals surface area contributed by atoms with Crippen LogP contribution in [-0.2, 0) is 19.3 Å². The molecule has 0 radical (unpaired) electrons. The van der Waals surface area contributed by atoms with Crippen LogP contribution in [0.15, 0.2) is 30.3 Å². The molecule has 0 saturated carbocycles. The molecule has 1 aliphatic carbocycles. The Morgan fingerprint density at radius 3 is 2.62 bits per heavy atom. The van der Waals surface area contributed by atoms with Gasteiger partial charge in [-0.25, -0.2) is 8.78 Å². The molecule has 0 fully saturated rings. The van der Waals surface area contributed by atoms with Gasteiger partial charge in [0.2, 0.25) is 0 Å². The van der Waals surface area contributed by atoms with Crippen molar-refractivity contribution in [3.05, 3.63) is 69.8 Å². The zero-order chi connectivity index (χ0) is 15.0. The highest BCUT2D eigenvalue weighted by molar-refractivity contribution is 5.36. The van der Waals surface area contributed by atoms with Crippen molar-refractivity contribution in [3.63, 3.8) is 0 Å². The minimum atomic E-state index is -0.955. The van der Waals surface area contributed by atoms with Gasteiger partial charge >= 0.3 is 0 Å². The van der Waals surface area contributed by atoms with E-state index in [9.17, 15) is 13.9 Å². The van der Waals surface area contributed by atoms with Gasteiger partial charge in [-0.3, -0.25) is 0 Å². The van der Waals surface area contributed by atoms with Crippen molar-refractivity contribution in [2.45, 2.75) is 38.7 Å². The fourth-order valence-corrected chi connectivity index (χ4v) is 3.02. The Morgan fingerprint density at radius 1 is 1.05 bits per heavy atom. The van der Waals surface area contributed by atoms with E-state index in [2.05, 4.69) is 12.1 Å². The summed E-state index contributed by atoms with van der Waals surface area (Å²) in [4.78, 5) is 0. The van der Waals surface area contributed by atoms with Gasteiger partial charge in [-0.1, -0.05) is 18.2 Å². The molecule has 2 aromatic rings. The summed E-state index contributed by atoms with van der Waals surface area (Å²) in [6, 6.07) is 8.41. The highest BCUT2D eigenvalue weighted by Gasteiger charge is 2.17. The molecule has 0 saturated heterocycles. The highest BCUT2D eigenvalue weighted by atomic mass is 19.1. The standard InChI is InChI=1S/C18H18F2O/c1-11-7-15(17(20)10-16(11)19)18(21)9-12-5-6-13-3-2-4-14(13)8-12/h5-8,10,18,21H,2-4,9H2,1H3. The number of hydrogen-bond donors (Lipinski definition) is 1. The number of aliphatic hydroxyl groups is 1. The Hall–Kier alpha value is -1.74. The topological polar surface area (TPSA) is 20.2 Å². The van der Waals surface area contributed by atoms with Gasteiger partial charge in [-0.15, -0.1) is 0 Å². The van der Waals surface area contributed by atoms with Gasteiger partial charge in [0, 0.05) is 18.1 Å². The van der Waals surface area contributed by atoms with Crippen molar-refractivity contribution in [2.75, 3.05) is 0 Å². The normalized spacial score (nSPS) is 15.0. The highest BCUT2D eigenvalue weighted by Crippen LogP contribution is 2.27. The van der Waals surface area contributed by atoms with E-state index in [0.717, 1.165) is 24.5 Å². The van der Waals surface area contributed by atoms with Crippen LogP contribution in [0, 0.1) is 18.6 Å². The van der Waals surface area contributed by atoms with Crippen LogP contribution >= 0.6 is 0 Å². The van der Waals surface area contributed by atoms with Crippen LogP contribution in [0.25, 0.3) is 0 Å². The molecule has 1 atom stereocenters.